The standard InChI is InChI=1S/C45H28N4O/c1-3-14-29(15-4-1)31-18-11-19-32(28-31)44-46-43(30-16-5-2-6-17-30)47-45(48-44)36-23-13-27-40-41(36)35-22-12-26-39(42(35)50-40)49-37-24-9-7-20-33(37)34-21-8-10-25-38(34)49/h1-28H. The van der Waals surface area contributed by atoms with E-state index in [1.807, 2.05) is 48.5 Å². The van der Waals surface area contributed by atoms with Gasteiger partial charge in [-0.2, -0.15) is 0 Å². The molecule has 234 valence electrons. The zero-order valence-corrected chi connectivity index (χ0v) is 26.9. The van der Waals surface area contributed by atoms with E-state index in [-0.39, 0.29) is 0 Å². The Morgan fingerprint density at radius 3 is 1.68 bits per heavy atom. The van der Waals surface area contributed by atoms with Crippen molar-refractivity contribution >= 4 is 43.7 Å². The summed E-state index contributed by atoms with van der Waals surface area (Å²) in [6.45, 7) is 0. The maximum Gasteiger partial charge on any atom is 0.164 e. The van der Waals surface area contributed by atoms with Crippen LogP contribution in [0, 0.1) is 0 Å². The first-order valence-corrected chi connectivity index (χ1v) is 16.7. The molecular weight excluding hydrogens is 613 g/mol. The van der Waals surface area contributed by atoms with Gasteiger partial charge in [-0.25, -0.2) is 15.0 Å². The number of nitrogens with zero attached hydrogens (tertiary/aromatic N) is 4. The molecule has 5 heteroatoms. The number of furan rings is 1. The Bertz CT molecular complexity index is 2820. The smallest absolute Gasteiger partial charge is 0.164 e. The third-order valence-electron chi connectivity index (χ3n) is 9.46. The van der Waals surface area contributed by atoms with Crippen molar-refractivity contribution in [3.8, 4) is 51.0 Å². The Hall–Kier alpha value is -6.85. The highest BCUT2D eigenvalue weighted by molar-refractivity contribution is 6.15. The van der Waals surface area contributed by atoms with Gasteiger partial charge in [0.25, 0.3) is 0 Å². The van der Waals surface area contributed by atoms with E-state index in [9.17, 15) is 0 Å². The van der Waals surface area contributed by atoms with Crippen LogP contribution < -0.4 is 0 Å². The molecule has 0 aliphatic rings. The highest BCUT2D eigenvalue weighted by atomic mass is 16.3. The van der Waals surface area contributed by atoms with Crippen molar-refractivity contribution in [2.24, 2.45) is 0 Å². The van der Waals surface area contributed by atoms with Crippen LogP contribution in [0.3, 0.4) is 0 Å². The zero-order chi connectivity index (χ0) is 33.0. The molecule has 10 rings (SSSR count). The van der Waals surface area contributed by atoms with Gasteiger partial charge in [-0.15, -0.1) is 0 Å². The zero-order valence-electron chi connectivity index (χ0n) is 26.9. The lowest BCUT2D eigenvalue weighted by atomic mass is 10.0. The van der Waals surface area contributed by atoms with E-state index in [4.69, 9.17) is 19.4 Å². The van der Waals surface area contributed by atoms with Crippen LogP contribution in [0.1, 0.15) is 0 Å². The Morgan fingerprint density at radius 2 is 0.940 bits per heavy atom. The molecule has 0 bridgehead atoms. The highest BCUT2D eigenvalue weighted by Gasteiger charge is 2.21. The summed E-state index contributed by atoms with van der Waals surface area (Å²) in [5.41, 5.74) is 9.83. The molecule has 0 aliphatic heterocycles. The van der Waals surface area contributed by atoms with Gasteiger partial charge in [-0.1, -0.05) is 140 Å². The number of fused-ring (bicyclic) bond motifs is 6. The number of hydrogen-bond donors (Lipinski definition) is 0. The van der Waals surface area contributed by atoms with Crippen LogP contribution in [0.5, 0.6) is 0 Å². The summed E-state index contributed by atoms with van der Waals surface area (Å²) in [6, 6.07) is 58.4. The Labute approximate surface area is 287 Å². The molecule has 10 aromatic rings. The van der Waals surface area contributed by atoms with Crippen LogP contribution in [0.25, 0.3) is 94.7 Å². The van der Waals surface area contributed by atoms with Crippen LogP contribution in [0.2, 0.25) is 0 Å². The fourth-order valence-electron chi connectivity index (χ4n) is 7.19. The molecule has 0 spiro atoms. The van der Waals surface area contributed by atoms with E-state index in [2.05, 4.69) is 126 Å². The lowest BCUT2D eigenvalue weighted by Crippen LogP contribution is -2.00. The first kappa shape index (κ1) is 28.2. The average molecular weight is 641 g/mol. The van der Waals surface area contributed by atoms with Gasteiger partial charge in [0.2, 0.25) is 0 Å². The number of aromatic nitrogens is 4. The molecule has 0 N–H and O–H groups in total. The van der Waals surface area contributed by atoms with E-state index >= 15 is 0 Å². The van der Waals surface area contributed by atoms with Crippen LogP contribution in [-0.2, 0) is 0 Å². The Balaban J connectivity index is 1.21. The predicted octanol–water partition coefficient (Wildman–Crippen LogP) is 11.5. The minimum absolute atomic E-state index is 0.592. The number of benzene rings is 7. The number of rotatable bonds is 5. The predicted molar refractivity (Wildman–Crippen MR) is 203 cm³/mol. The van der Waals surface area contributed by atoms with Crippen molar-refractivity contribution in [3.63, 3.8) is 0 Å². The van der Waals surface area contributed by atoms with Crippen molar-refractivity contribution in [2.75, 3.05) is 0 Å². The summed E-state index contributed by atoms with van der Waals surface area (Å²) in [5, 5.41) is 4.39. The van der Waals surface area contributed by atoms with Crippen molar-refractivity contribution in [2.45, 2.75) is 0 Å². The highest BCUT2D eigenvalue weighted by Crippen LogP contribution is 2.41. The molecule has 5 nitrogen and oxygen atoms in total. The van der Waals surface area contributed by atoms with E-state index in [0.29, 0.717) is 17.5 Å². The molecule has 0 atom stereocenters. The van der Waals surface area contributed by atoms with Gasteiger partial charge >= 0.3 is 0 Å². The monoisotopic (exact) mass is 640 g/mol. The minimum Gasteiger partial charge on any atom is -0.454 e. The van der Waals surface area contributed by atoms with E-state index < -0.39 is 0 Å². The third-order valence-corrected chi connectivity index (χ3v) is 9.46. The van der Waals surface area contributed by atoms with Gasteiger partial charge in [0.15, 0.2) is 23.1 Å². The van der Waals surface area contributed by atoms with Gasteiger partial charge in [0.1, 0.15) is 5.58 Å². The second-order valence-corrected chi connectivity index (χ2v) is 12.4. The summed E-state index contributed by atoms with van der Waals surface area (Å²) in [7, 11) is 0. The van der Waals surface area contributed by atoms with Crippen LogP contribution >= 0.6 is 0 Å². The van der Waals surface area contributed by atoms with Crippen LogP contribution in [-0.4, -0.2) is 19.5 Å². The summed E-state index contributed by atoms with van der Waals surface area (Å²) in [5.74, 6) is 1.82. The summed E-state index contributed by atoms with van der Waals surface area (Å²) >= 11 is 0. The molecule has 0 fully saturated rings. The van der Waals surface area contributed by atoms with E-state index in [1.165, 1.54) is 10.8 Å². The molecule has 0 unspecified atom stereocenters. The summed E-state index contributed by atoms with van der Waals surface area (Å²) in [6.07, 6.45) is 0. The second kappa shape index (κ2) is 11.4. The van der Waals surface area contributed by atoms with Crippen molar-refractivity contribution in [1.82, 2.24) is 19.5 Å². The maximum atomic E-state index is 6.77. The van der Waals surface area contributed by atoms with Gasteiger partial charge in [-0.05, 0) is 41.5 Å². The first-order chi connectivity index (χ1) is 24.8. The first-order valence-electron chi connectivity index (χ1n) is 16.7. The van der Waals surface area contributed by atoms with E-state index in [0.717, 1.165) is 66.5 Å². The van der Waals surface area contributed by atoms with E-state index in [1.54, 1.807) is 0 Å². The van der Waals surface area contributed by atoms with Gasteiger partial charge in [0, 0.05) is 38.2 Å². The lowest BCUT2D eigenvalue weighted by molar-refractivity contribution is 0.666. The molecule has 3 heterocycles. The topological polar surface area (TPSA) is 56.7 Å². The molecule has 0 amide bonds. The average Bonchev–Trinajstić information content (AvgIpc) is 3.75. The van der Waals surface area contributed by atoms with Crippen LogP contribution in [0.15, 0.2) is 174 Å². The SMILES string of the molecule is c1ccc(-c2cccc(-c3nc(-c4ccccc4)nc(-c4cccc5oc6c(-n7c8ccccc8c8ccccc87)cccc6c45)n3)c2)cc1. The molecule has 0 aliphatic carbocycles. The fourth-order valence-corrected chi connectivity index (χ4v) is 7.19. The molecule has 0 radical (unpaired) electrons. The summed E-state index contributed by atoms with van der Waals surface area (Å²) < 4.78 is 9.08. The lowest BCUT2D eigenvalue weighted by Gasteiger charge is -2.10. The largest absolute Gasteiger partial charge is 0.454 e. The fraction of sp³-hybridized carbons (Fsp3) is 0. The molecular formula is C45H28N4O. The van der Waals surface area contributed by atoms with Crippen molar-refractivity contribution in [3.05, 3.63) is 170 Å². The molecule has 0 saturated carbocycles. The maximum absolute atomic E-state index is 6.77. The molecule has 50 heavy (non-hydrogen) atoms. The number of para-hydroxylation sites is 3. The Morgan fingerprint density at radius 1 is 0.400 bits per heavy atom. The van der Waals surface area contributed by atoms with Gasteiger partial charge in [-0.3, -0.25) is 0 Å². The van der Waals surface area contributed by atoms with Crippen molar-refractivity contribution in [1.29, 1.82) is 0 Å². The van der Waals surface area contributed by atoms with Crippen molar-refractivity contribution < 1.29 is 4.42 Å². The Kier molecular flexibility index (Phi) is 6.42. The molecule has 3 aromatic heterocycles. The summed E-state index contributed by atoms with van der Waals surface area (Å²) in [4.78, 5) is 15.3. The van der Waals surface area contributed by atoms with Gasteiger partial charge in [0.05, 0.1) is 16.7 Å². The molecule has 0 saturated heterocycles. The quantitative estimate of drug-likeness (QED) is 0.188. The molecule has 7 aromatic carbocycles. The second-order valence-electron chi connectivity index (χ2n) is 12.4. The minimum atomic E-state index is 0.592. The number of hydrogen-bond acceptors (Lipinski definition) is 4. The third kappa shape index (κ3) is 4.52. The normalized spacial score (nSPS) is 11.6. The van der Waals surface area contributed by atoms with Gasteiger partial charge < -0.3 is 8.98 Å². The van der Waals surface area contributed by atoms with Crippen LogP contribution in [0.4, 0.5) is 0 Å².